The molecular weight excluding hydrogens is 330 g/mol. The molecule has 25 heavy (non-hydrogen) atoms. The molecule has 0 saturated carbocycles. The monoisotopic (exact) mass is 361 g/mol. The van der Waals surface area contributed by atoms with E-state index in [1.807, 2.05) is 18.2 Å². The third-order valence-corrected chi connectivity index (χ3v) is 10.1. The number of β-lactam (4-membered cyclic amide) rings is 1. The number of carbonyl (C=O) groups is 2. The van der Waals surface area contributed by atoms with Gasteiger partial charge in [-0.3, -0.25) is 14.5 Å². The van der Waals surface area contributed by atoms with Crippen molar-refractivity contribution in [3.8, 4) is 0 Å². The van der Waals surface area contributed by atoms with Crippen LogP contribution in [0.3, 0.4) is 0 Å². The Labute approximate surface area is 152 Å². The van der Waals surface area contributed by atoms with Crippen molar-refractivity contribution in [2.45, 2.75) is 71.8 Å². The molecule has 1 aromatic rings. The molecule has 1 aromatic carbocycles. The fraction of sp³-hybridized carbons (Fsp3) is 0.600. The van der Waals surface area contributed by atoms with Gasteiger partial charge in [-0.05, 0) is 35.7 Å². The zero-order valence-corrected chi connectivity index (χ0v) is 17.3. The number of benzene rings is 1. The lowest BCUT2D eigenvalue weighted by Gasteiger charge is -2.53. The van der Waals surface area contributed by atoms with Crippen LogP contribution in [0.1, 0.15) is 51.9 Å². The number of imide groups is 1. The average Bonchev–Trinajstić information content (AvgIpc) is 2.60. The van der Waals surface area contributed by atoms with Crippen LogP contribution >= 0.6 is 0 Å². The fourth-order valence-corrected chi connectivity index (χ4v) is 6.40. The van der Waals surface area contributed by atoms with Gasteiger partial charge in [0.05, 0.1) is 6.04 Å². The Morgan fingerprint density at radius 1 is 1.08 bits per heavy atom. The molecule has 1 saturated heterocycles. The number of likely N-dealkylation sites (tertiary alicyclic amines) is 1. The highest BCUT2D eigenvalue weighted by molar-refractivity contribution is 6.73. The topological polar surface area (TPSA) is 46.6 Å². The summed E-state index contributed by atoms with van der Waals surface area (Å²) >= 11 is 0. The lowest BCUT2D eigenvalue weighted by molar-refractivity contribution is -0.166. The van der Waals surface area contributed by atoms with Gasteiger partial charge in [0.1, 0.15) is 6.10 Å². The molecule has 0 bridgehead atoms. The molecule has 0 N–H and O–H groups in total. The average molecular weight is 362 g/mol. The molecule has 2 amide bonds. The summed E-state index contributed by atoms with van der Waals surface area (Å²) in [6, 6.07) is 11.8. The lowest BCUT2D eigenvalue weighted by atomic mass is 9.76. The summed E-state index contributed by atoms with van der Waals surface area (Å²) < 4.78 is 6.48. The molecule has 0 aliphatic carbocycles. The first-order valence-electron chi connectivity index (χ1n) is 9.31. The highest BCUT2D eigenvalue weighted by Crippen LogP contribution is 2.40. The van der Waals surface area contributed by atoms with E-state index in [2.05, 4.69) is 41.5 Å². The molecule has 1 heterocycles. The van der Waals surface area contributed by atoms with Gasteiger partial charge in [-0.15, -0.1) is 0 Å². The summed E-state index contributed by atoms with van der Waals surface area (Å²) in [5.74, 6) is -0.400. The second-order valence-electron chi connectivity index (χ2n) is 7.97. The molecular formula is C20H31NO3Si. The number of hydrogen-bond donors (Lipinski definition) is 0. The van der Waals surface area contributed by atoms with Crippen LogP contribution in [0.2, 0.25) is 18.1 Å². The maximum atomic E-state index is 12.9. The summed E-state index contributed by atoms with van der Waals surface area (Å²) in [5.41, 5.74) is 0.326. The molecule has 0 aromatic heterocycles. The number of hydrogen-bond acceptors (Lipinski definition) is 3. The quantitative estimate of drug-likeness (QED) is 0.426. The van der Waals surface area contributed by atoms with Crippen molar-refractivity contribution in [1.82, 2.24) is 4.90 Å². The molecule has 0 radical (unpaired) electrons. The first-order chi connectivity index (χ1) is 11.7. The summed E-state index contributed by atoms with van der Waals surface area (Å²) in [6.45, 7) is 12.7. The first kappa shape index (κ1) is 19.9. The molecule has 1 aliphatic rings. The van der Waals surface area contributed by atoms with Gasteiger partial charge in [0.2, 0.25) is 0 Å². The fourth-order valence-electron chi connectivity index (χ4n) is 3.63. The maximum Gasteiger partial charge on any atom is 0.260 e. The molecule has 138 valence electrons. The molecule has 2 atom stereocenters. The largest absolute Gasteiger partial charge is 0.403 e. The number of rotatable bonds is 6. The maximum absolute atomic E-state index is 12.9. The number of carbonyl (C=O) groups excluding carboxylic acids is 2. The Hall–Kier alpha value is -1.46. The van der Waals surface area contributed by atoms with Crippen molar-refractivity contribution in [3.63, 3.8) is 0 Å². The molecule has 2 rings (SSSR count). The first-order valence-corrected chi connectivity index (χ1v) is 11.8. The van der Waals surface area contributed by atoms with E-state index < -0.39 is 14.4 Å². The number of nitrogens with zero attached hydrogens (tertiary/aromatic N) is 1. The zero-order valence-electron chi connectivity index (χ0n) is 16.3. The van der Waals surface area contributed by atoms with Gasteiger partial charge >= 0.3 is 0 Å². The smallest absolute Gasteiger partial charge is 0.260 e. The minimum absolute atomic E-state index is 0.180. The van der Waals surface area contributed by atoms with Crippen LogP contribution in [0.5, 0.6) is 0 Å². The van der Waals surface area contributed by atoms with E-state index >= 15 is 0 Å². The Balaban J connectivity index is 2.30. The normalized spacial score (nSPS) is 21.2. The van der Waals surface area contributed by atoms with Crippen LogP contribution in [0, 0.1) is 5.41 Å². The Morgan fingerprint density at radius 2 is 1.60 bits per heavy atom. The van der Waals surface area contributed by atoms with E-state index in [9.17, 15) is 9.59 Å². The van der Waals surface area contributed by atoms with E-state index in [0.29, 0.717) is 5.56 Å². The molecule has 1 fully saturated rings. The van der Waals surface area contributed by atoms with E-state index in [-0.39, 0.29) is 23.3 Å². The van der Waals surface area contributed by atoms with Crippen LogP contribution in [-0.4, -0.2) is 37.2 Å². The summed E-state index contributed by atoms with van der Waals surface area (Å²) in [5, 5.41) is 0. The van der Waals surface area contributed by atoms with Gasteiger partial charge in [-0.2, -0.15) is 0 Å². The molecule has 0 spiro atoms. The van der Waals surface area contributed by atoms with Crippen molar-refractivity contribution in [1.29, 1.82) is 0 Å². The zero-order chi connectivity index (χ0) is 18.8. The van der Waals surface area contributed by atoms with E-state index in [1.165, 1.54) is 4.90 Å². The molecule has 1 aliphatic heterocycles. The lowest BCUT2D eigenvalue weighted by Crippen LogP contribution is -2.73. The summed E-state index contributed by atoms with van der Waals surface area (Å²) in [6.07, 6.45) is -0.487. The van der Waals surface area contributed by atoms with Crippen molar-refractivity contribution in [2.24, 2.45) is 5.41 Å². The van der Waals surface area contributed by atoms with E-state index in [4.69, 9.17) is 4.43 Å². The Bertz CT molecular complexity index is 611. The predicted molar refractivity (Wildman–Crippen MR) is 103 cm³/mol. The van der Waals surface area contributed by atoms with Gasteiger partial charge in [0.25, 0.3) is 11.8 Å². The summed E-state index contributed by atoms with van der Waals surface area (Å²) in [4.78, 5) is 27.2. The minimum atomic E-state index is -1.92. The standard InChI is InChI=1S/C20H31NO3Si/c1-7-25(8-2,9-3)24-16-17(20(4,5)6)21(19(16)23)18(22)15-13-11-10-12-14-15/h10-14,16-17H,7-9H2,1-6H3/t16-,17-/m1/s1. The van der Waals surface area contributed by atoms with Crippen LogP contribution in [0.4, 0.5) is 0 Å². The van der Waals surface area contributed by atoms with Gasteiger partial charge in [-0.25, -0.2) is 0 Å². The molecule has 5 heteroatoms. The Kier molecular flexibility index (Phi) is 5.89. The van der Waals surface area contributed by atoms with Crippen molar-refractivity contribution in [3.05, 3.63) is 35.9 Å². The predicted octanol–water partition coefficient (Wildman–Crippen LogP) is 4.47. The van der Waals surface area contributed by atoms with Gasteiger partial charge < -0.3 is 4.43 Å². The van der Waals surface area contributed by atoms with Crippen molar-refractivity contribution in [2.75, 3.05) is 0 Å². The SMILES string of the molecule is CC[Si](CC)(CC)O[C@H]1C(=O)N(C(=O)c2ccccc2)[C@H]1C(C)(C)C. The van der Waals surface area contributed by atoms with Crippen LogP contribution < -0.4 is 0 Å². The summed E-state index contributed by atoms with van der Waals surface area (Å²) in [7, 11) is -1.92. The van der Waals surface area contributed by atoms with Gasteiger partial charge in [-0.1, -0.05) is 59.7 Å². The highest BCUT2D eigenvalue weighted by Gasteiger charge is 2.58. The second-order valence-corrected chi connectivity index (χ2v) is 12.7. The van der Waals surface area contributed by atoms with E-state index in [1.54, 1.807) is 12.1 Å². The molecule has 4 nitrogen and oxygen atoms in total. The third-order valence-electron chi connectivity index (χ3n) is 5.48. The van der Waals surface area contributed by atoms with Crippen molar-refractivity contribution >= 4 is 20.1 Å². The molecule has 0 unspecified atom stereocenters. The second kappa shape index (κ2) is 7.42. The van der Waals surface area contributed by atoms with Crippen LogP contribution in [0.25, 0.3) is 0 Å². The van der Waals surface area contributed by atoms with Gasteiger partial charge in [0.15, 0.2) is 8.32 Å². The highest BCUT2D eigenvalue weighted by atomic mass is 28.4. The number of amides is 2. The van der Waals surface area contributed by atoms with Crippen molar-refractivity contribution < 1.29 is 14.0 Å². The Morgan fingerprint density at radius 3 is 2.04 bits per heavy atom. The minimum Gasteiger partial charge on any atom is -0.403 e. The van der Waals surface area contributed by atoms with Crippen LogP contribution in [0.15, 0.2) is 30.3 Å². The van der Waals surface area contributed by atoms with Crippen LogP contribution in [-0.2, 0) is 9.22 Å². The van der Waals surface area contributed by atoms with E-state index in [0.717, 1.165) is 18.1 Å². The van der Waals surface area contributed by atoms with Gasteiger partial charge in [0, 0.05) is 5.56 Å². The third kappa shape index (κ3) is 3.72.